The summed E-state index contributed by atoms with van der Waals surface area (Å²) in [5.74, 6) is 6.36. The summed E-state index contributed by atoms with van der Waals surface area (Å²) in [7, 11) is 0. The van der Waals surface area contributed by atoms with Crippen molar-refractivity contribution in [3.8, 4) is 29.0 Å². The highest BCUT2D eigenvalue weighted by molar-refractivity contribution is 6.05. The Morgan fingerprint density at radius 1 is 1.26 bits per heavy atom. The van der Waals surface area contributed by atoms with Gasteiger partial charge in [0.1, 0.15) is 35.3 Å². The monoisotopic (exact) mass is 519 g/mol. The van der Waals surface area contributed by atoms with Gasteiger partial charge in [-0.1, -0.05) is 17.0 Å². The highest BCUT2D eigenvalue weighted by atomic mass is 16.5. The smallest absolute Gasteiger partial charge is 0.270 e. The molecular weight excluding hydrogens is 490 g/mol. The van der Waals surface area contributed by atoms with Gasteiger partial charge in [0, 0.05) is 31.4 Å². The minimum atomic E-state index is -1.53. The first-order chi connectivity index (χ1) is 18.2. The molecular formula is C27H29N5O6. The van der Waals surface area contributed by atoms with Crippen molar-refractivity contribution < 1.29 is 28.7 Å². The molecule has 1 fully saturated rings. The Kier molecular flexibility index (Phi) is 6.93. The molecule has 198 valence electrons. The lowest BCUT2D eigenvalue weighted by atomic mass is 10.0. The van der Waals surface area contributed by atoms with Gasteiger partial charge in [-0.15, -0.1) is 0 Å². The second-order valence-corrected chi connectivity index (χ2v) is 9.62. The number of aryl methyl sites for hydroxylation is 1. The van der Waals surface area contributed by atoms with E-state index < -0.39 is 17.4 Å². The van der Waals surface area contributed by atoms with Crippen molar-refractivity contribution in [1.29, 1.82) is 0 Å². The molecule has 2 amide bonds. The average molecular weight is 520 g/mol. The molecule has 2 aromatic heterocycles. The third kappa shape index (κ3) is 5.14. The van der Waals surface area contributed by atoms with Crippen LogP contribution in [0.2, 0.25) is 0 Å². The van der Waals surface area contributed by atoms with Gasteiger partial charge < -0.3 is 34.7 Å². The molecule has 0 saturated carbocycles. The minimum absolute atomic E-state index is 0.0989. The number of nitrogens with zero attached hydrogens (tertiary/aromatic N) is 3. The molecule has 2 aliphatic heterocycles. The van der Waals surface area contributed by atoms with Gasteiger partial charge in [0.15, 0.2) is 11.3 Å². The normalized spacial score (nSPS) is 16.6. The van der Waals surface area contributed by atoms with Crippen molar-refractivity contribution in [3.05, 3.63) is 52.7 Å². The van der Waals surface area contributed by atoms with Crippen molar-refractivity contribution in [3.63, 3.8) is 0 Å². The highest BCUT2D eigenvalue weighted by Gasteiger charge is 2.30. The predicted molar refractivity (Wildman–Crippen MR) is 135 cm³/mol. The van der Waals surface area contributed by atoms with Gasteiger partial charge in [-0.3, -0.25) is 9.59 Å². The average Bonchev–Trinajstić information content (AvgIpc) is 3.47. The number of carbonyl (C=O) groups is 2. The summed E-state index contributed by atoms with van der Waals surface area (Å²) in [6.45, 7) is 5.63. The topological polar surface area (TPSA) is 155 Å². The van der Waals surface area contributed by atoms with Gasteiger partial charge in [-0.05, 0) is 50.8 Å². The van der Waals surface area contributed by atoms with E-state index in [-0.39, 0.29) is 18.0 Å². The van der Waals surface area contributed by atoms with Crippen LogP contribution in [0.5, 0.6) is 5.75 Å². The summed E-state index contributed by atoms with van der Waals surface area (Å²) in [5.41, 5.74) is 5.54. The van der Waals surface area contributed by atoms with Crippen LogP contribution in [0.1, 0.15) is 57.8 Å². The van der Waals surface area contributed by atoms with E-state index in [1.54, 1.807) is 35.8 Å². The van der Waals surface area contributed by atoms with Crippen molar-refractivity contribution in [2.24, 2.45) is 11.7 Å². The maximum atomic E-state index is 13.3. The first-order valence-electron chi connectivity index (χ1n) is 12.5. The standard InChI is InChI=1S/C27H29N5O6/c1-16-13-21(31-38-16)27(2,35)8-5-17-3-4-20-19(14-17)25-30-22(24(28)33)23(32(25)9-12-37-20)26(34)29-15-18-6-10-36-11-7-18/h3-4,13-14,18,35H,6-7,9-12,15H2,1-2H3,(H2,28,33)(H,29,34)/t27-/m1/s1. The fourth-order valence-electron chi connectivity index (χ4n) is 4.56. The molecule has 1 aromatic carbocycles. The lowest BCUT2D eigenvalue weighted by Gasteiger charge is -2.22. The maximum Gasteiger partial charge on any atom is 0.270 e. The molecule has 11 nitrogen and oxygen atoms in total. The lowest BCUT2D eigenvalue weighted by molar-refractivity contribution is 0.0641. The third-order valence-electron chi connectivity index (χ3n) is 6.68. The van der Waals surface area contributed by atoms with Crippen molar-refractivity contribution in [2.45, 2.75) is 38.8 Å². The van der Waals surface area contributed by atoms with Crippen molar-refractivity contribution in [2.75, 3.05) is 26.4 Å². The Bertz CT molecular complexity index is 1440. The van der Waals surface area contributed by atoms with Crippen LogP contribution < -0.4 is 15.8 Å². The van der Waals surface area contributed by atoms with E-state index >= 15 is 0 Å². The van der Waals surface area contributed by atoms with Crippen molar-refractivity contribution in [1.82, 2.24) is 20.0 Å². The number of nitrogens with two attached hydrogens (primary N) is 1. The molecule has 0 radical (unpaired) electrons. The van der Waals surface area contributed by atoms with Gasteiger partial charge in [0.05, 0.1) is 12.1 Å². The van der Waals surface area contributed by atoms with Crippen LogP contribution in [0.15, 0.2) is 28.8 Å². The summed E-state index contributed by atoms with van der Waals surface area (Å²) in [5, 5.41) is 17.6. The molecule has 3 aromatic rings. The van der Waals surface area contributed by atoms with E-state index in [0.29, 0.717) is 66.4 Å². The molecule has 4 heterocycles. The molecule has 1 saturated heterocycles. The molecule has 0 aliphatic carbocycles. The second kappa shape index (κ2) is 10.3. The molecule has 4 N–H and O–H groups in total. The Morgan fingerprint density at radius 3 is 2.76 bits per heavy atom. The number of ether oxygens (including phenoxy) is 2. The van der Waals surface area contributed by atoms with E-state index in [1.165, 1.54) is 6.92 Å². The zero-order valence-corrected chi connectivity index (χ0v) is 21.2. The van der Waals surface area contributed by atoms with E-state index in [4.69, 9.17) is 19.7 Å². The maximum absolute atomic E-state index is 13.3. The number of aliphatic hydroxyl groups is 1. The Hall–Kier alpha value is -4.14. The van der Waals surface area contributed by atoms with Gasteiger partial charge in [-0.2, -0.15) is 0 Å². The van der Waals surface area contributed by atoms with Crippen LogP contribution in [0.4, 0.5) is 0 Å². The lowest BCUT2D eigenvalue weighted by Crippen LogP contribution is -2.34. The number of nitrogens with one attached hydrogen (secondary N) is 1. The van der Waals surface area contributed by atoms with Crippen LogP contribution in [0.25, 0.3) is 11.4 Å². The quantitative estimate of drug-likeness (QED) is 0.431. The Labute approximate surface area is 219 Å². The van der Waals surface area contributed by atoms with Crippen LogP contribution in [-0.2, 0) is 16.9 Å². The number of amides is 2. The number of rotatable bonds is 5. The zero-order chi connectivity index (χ0) is 26.9. The van der Waals surface area contributed by atoms with E-state index in [2.05, 4.69) is 27.3 Å². The van der Waals surface area contributed by atoms with Gasteiger partial charge in [0.2, 0.25) is 0 Å². The first kappa shape index (κ1) is 25.5. The summed E-state index contributed by atoms with van der Waals surface area (Å²) in [6.07, 6.45) is 1.73. The number of primary amides is 1. The fraction of sp³-hybridized carbons (Fsp3) is 0.407. The molecule has 5 rings (SSSR count). The Morgan fingerprint density at radius 2 is 2.05 bits per heavy atom. The summed E-state index contributed by atoms with van der Waals surface area (Å²) in [4.78, 5) is 30.1. The van der Waals surface area contributed by atoms with E-state index in [1.807, 2.05) is 0 Å². The number of carbonyl (C=O) groups excluding carboxylic acids is 2. The molecule has 0 spiro atoms. The molecule has 11 heteroatoms. The number of benzene rings is 1. The molecule has 1 atom stereocenters. The summed E-state index contributed by atoms with van der Waals surface area (Å²) in [6, 6.07) is 6.86. The van der Waals surface area contributed by atoms with Gasteiger partial charge >= 0.3 is 0 Å². The number of aromatic nitrogens is 3. The number of hydrogen-bond donors (Lipinski definition) is 3. The summed E-state index contributed by atoms with van der Waals surface area (Å²) < 4.78 is 18.0. The SMILES string of the molecule is Cc1cc([C@](C)(O)C#Cc2ccc3c(c2)-c2nc(C(N)=O)c(C(=O)NCC4CCOCC4)n2CCO3)no1. The minimum Gasteiger partial charge on any atom is -0.491 e. The molecule has 0 bridgehead atoms. The van der Waals surface area contributed by atoms with Crippen LogP contribution in [-0.4, -0.2) is 58.0 Å². The van der Waals surface area contributed by atoms with Crippen LogP contribution >= 0.6 is 0 Å². The largest absolute Gasteiger partial charge is 0.491 e. The molecule has 2 aliphatic rings. The number of fused-ring (bicyclic) bond motifs is 3. The fourth-order valence-corrected chi connectivity index (χ4v) is 4.56. The predicted octanol–water partition coefficient (Wildman–Crippen LogP) is 1.75. The zero-order valence-electron chi connectivity index (χ0n) is 21.2. The Balaban J connectivity index is 1.48. The van der Waals surface area contributed by atoms with E-state index in [9.17, 15) is 14.7 Å². The number of hydrogen-bond acceptors (Lipinski definition) is 8. The van der Waals surface area contributed by atoms with Crippen LogP contribution in [0.3, 0.4) is 0 Å². The number of imidazole rings is 1. The van der Waals surface area contributed by atoms with Gasteiger partial charge in [-0.25, -0.2) is 4.98 Å². The third-order valence-corrected chi connectivity index (χ3v) is 6.68. The van der Waals surface area contributed by atoms with Gasteiger partial charge in [0.25, 0.3) is 11.8 Å². The summed E-state index contributed by atoms with van der Waals surface area (Å²) >= 11 is 0. The van der Waals surface area contributed by atoms with E-state index in [0.717, 1.165) is 12.8 Å². The molecule has 38 heavy (non-hydrogen) atoms. The van der Waals surface area contributed by atoms with Crippen molar-refractivity contribution >= 4 is 11.8 Å². The first-order valence-corrected chi connectivity index (χ1v) is 12.5. The highest BCUT2D eigenvalue weighted by Crippen LogP contribution is 2.34. The molecule has 0 unspecified atom stereocenters. The second-order valence-electron chi connectivity index (χ2n) is 9.62. The van der Waals surface area contributed by atoms with Crippen LogP contribution in [0, 0.1) is 24.7 Å².